The summed E-state index contributed by atoms with van der Waals surface area (Å²) >= 11 is 0. The van der Waals surface area contributed by atoms with Gasteiger partial charge in [0.25, 0.3) is 0 Å². The second-order valence-electron chi connectivity index (χ2n) is 7.91. The van der Waals surface area contributed by atoms with Gasteiger partial charge in [-0.3, -0.25) is 0 Å². The quantitative estimate of drug-likeness (QED) is 0.568. The van der Waals surface area contributed by atoms with Crippen molar-refractivity contribution >= 4 is 11.0 Å². The van der Waals surface area contributed by atoms with Crippen LogP contribution in [0, 0.1) is 0 Å². The van der Waals surface area contributed by atoms with Gasteiger partial charge in [0.15, 0.2) is 6.04 Å². The molecule has 2 aromatic carbocycles. The summed E-state index contributed by atoms with van der Waals surface area (Å²) in [6.45, 7) is 6.61. The third-order valence-corrected chi connectivity index (χ3v) is 6.01. The highest BCUT2D eigenvalue weighted by Gasteiger charge is 2.33. The van der Waals surface area contributed by atoms with E-state index in [4.69, 9.17) is 13.9 Å². The standard InChI is InChI=1S/C24H28N2O4/c1-17(24(18-6-4-3-5-7-18)26-10-12-29-13-11-26)25-16-19-14-23(27)30-22-15-20(28-2)8-9-21(19)22/h3-9,14-15,17,24-25H,10-13,16H2,1-2H3/p+2/t17-,24+/m0/s1. The molecule has 0 amide bonds. The molecule has 4 rings (SSSR count). The first-order chi connectivity index (χ1) is 14.7. The third kappa shape index (κ3) is 4.56. The van der Waals surface area contributed by atoms with Crippen LogP contribution in [0.15, 0.2) is 63.8 Å². The van der Waals surface area contributed by atoms with E-state index in [1.54, 1.807) is 24.1 Å². The summed E-state index contributed by atoms with van der Waals surface area (Å²) in [4.78, 5) is 13.7. The summed E-state index contributed by atoms with van der Waals surface area (Å²) in [7, 11) is 1.61. The zero-order valence-electron chi connectivity index (χ0n) is 17.6. The predicted octanol–water partition coefficient (Wildman–Crippen LogP) is 0.910. The largest absolute Gasteiger partial charge is 0.497 e. The highest BCUT2D eigenvalue weighted by molar-refractivity contribution is 5.81. The van der Waals surface area contributed by atoms with Gasteiger partial charge in [0.1, 0.15) is 37.0 Å². The Hall–Kier alpha value is -2.67. The van der Waals surface area contributed by atoms with Gasteiger partial charge in [-0.25, -0.2) is 4.79 Å². The molecule has 6 heteroatoms. The Morgan fingerprint density at radius 2 is 1.87 bits per heavy atom. The second-order valence-corrected chi connectivity index (χ2v) is 7.91. The molecule has 0 radical (unpaired) electrons. The van der Waals surface area contributed by atoms with Gasteiger partial charge in [0.05, 0.1) is 20.3 Å². The maximum absolute atomic E-state index is 12.1. The van der Waals surface area contributed by atoms with Crippen LogP contribution < -0.4 is 20.6 Å². The lowest BCUT2D eigenvalue weighted by Gasteiger charge is -2.34. The maximum atomic E-state index is 12.1. The molecule has 1 fully saturated rings. The molecular formula is C24H30N2O4+2. The average Bonchev–Trinajstić information content (AvgIpc) is 2.78. The van der Waals surface area contributed by atoms with Gasteiger partial charge in [-0.2, -0.15) is 0 Å². The van der Waals surface area contributed by atoms with E-state index in [9.17, 15) is 4.79 Å². The van der Waals surface area contributed by atoms with E-state index in [2.05, 4.69) is 42.6 Å². The Bertz CT molecular complexity index is 1030. The topological polar surface area (TPSA) is 69.7 Å². The molecule has 0 unspecified atom stereocenters. The van der Waals surface area contributed by atoms with Crippen LogP contribution in [0.1, 0.15) is 24.1 Å². The number of hydrogen-bond donors (Lipinski definition) is 2. The van der Waals surface area contributed by atoms with Crippen molar-refractivity contribution < 1.29 is 24.1 Å². The Balaban J connectivity index is 1.57. The minimum absolute atomic E-state index is 0.329. The number of morpholine rings is 1. The monoisotopic (exact) mass is 410 g/mol. The van der Waals surface area contributed by atoms with Crippen molar-refractivity contribution in [3.05, 3.63) is 76.1 Å². The number of fused-ring (bicyclic) bond motifs is 1. The Kier molecular flexibility index (Phi) is 6.47. The van der Waals surface area contributed by atoms with Gasteiger partial charge in [-0.15, -0.1) is 0 Å². The van der Waals surface area contributed by atoms with E-state index in [0.717, 1.165) is 37.3 Å². The van der Waals surface area contributed by atoms with Gasteiger partial charge in [0.2, 0.25) is 0 Å². The van der Waals surface area contributed by atoms with Gasteiger partial charge >= 0.3 is 5.63 Å². The first kappa shape index (κ1) is 20.6. The molecule has 2 atom stereocenters. The van der Waals surface area contributed by atoms with Crippen LogP contribution in [0.4, 0.5) is 0 Å². The summed E-state index contributed by atoms with van der Waals surface area (Å²) in [5.41, 5.74) is 2.57. The smallest absolute Gasteiger partial charge is 0.336 e. The Morgan fingerprint density at radius 3 is 2.60 bits per heavy atom. The fourth-order valence-corrected chi connectivity index (χ4v) is 4.47. The molecule has 0 bridgehead atoms. The Morgan fingerprint density at radius 1 is 1.10 bits per heavy atom. The molecule has 30 heavy (non-hydrogen) atoms. The van der Waals surface area contributed by atoms with Crippen molar-refractivity contribution in [1.82, 2.24) is 0 Å². The fraction of sp³-hybridized carbons (Fsp3) is 0.375. The minimum atomic E-state index is -0.329. The highest BCUT2D eigenvalue weighted by atomic mass is 16.5. The number of nitrogens with two attached hydrogens (primary N) is 1. The summed E-state index contributed by atoms with van der Waals surface area (Å²) < 4.78 is 16.2. The van der Waals surface area contributed by atoms with Crippen molar-refractivity contribution in [3.8, 4) is 5.75 Å². The Labute approximate surface area is 176 Å². The summed E-state index contributed by atoms with van der Waals surface area (Å²) in [5.74, 6) is 0.681. The second kappa shape index (κ2) is 9.43. The lowest BCUT2D eigenvalue weighted by molar-refractivity contribution is -0.959. The summed E-state index contributed by atoms with van der Waals surface area (Å²) in [6.07, 6.45) is 0. The fourth-order valence-electron chi connectivity index (χ4n) is 4.47. The van der Waals surface area contributed by atoms with Gasteiger partial charge in [-0.1, -0.05) is 30.3 Å². The number of hydrogen-bond acceptors (Lipinski definition) is 4. The van der Waals surface area contributed by atoms with E-state index < -0.39 is 0 Å². The SMILES string of the molecule is COc1ccc2c(C[NH2+][C@@H](C)[C@H](c3ccccc3)[NH+]3CCOCC3)cc(=O)oc2c1. The van der Waals surface area contributed by atoms with Gasteiger partial charge < -0.3 is 24.1 Å². The van der Waals surface area contributed by atoms with Crippen LogP contribution in [0.5, 0.6) is 5.75 Å². The molecule has 0 aliphatic carbocycles. The lowest BCUT2D eigenvalue weighted by Crippen LogP contribution is -3.17. The molecule has 2 heterocycles. The van der Waals surface area contributed by atoms with Crippen LogP contribution in [0.25, 0.3) is 11.0 Å². The number of ether oxygens (including phenoxy) is 2. The molecular weight excluding hydrogens is 380 g/mol. The summed E-state index contributed by atoms with van der Waals surface area (Å²) in [6, 6.07) is 18.7. The van der Waals surface area contributed by atoms with Crippen LogP contribution in [0.2, 0.25) is 0 Å². The summed E-state index contributed by atoms with van der Waals surface area (Å²) in [5, 5.41) is 3.28. The first-order valence-electron chi connectivity index (χ1n) is 10.6. The zero-order valence-corrected chi connectivity index (χ0v) is 17.6. The molecule has 0 spiro atoms. The minimum Gasteiger partial charge on any atom is -0.497 e. The molecule has 1 aliphatic rings. The van der Waals surface area contributed by atoms with E-state index in [-0.39, 0.29) is 5.63 Å². The molecule has 158 valence electrons. The van der Waals surface area contributed by atoms with Gasteiger partial charge in [-0.05, 0) is 19.1 Å². The predicted molar refractivity (Wildman–Crippen MR) is 115 cm³/mol. The number of rotatable bonds is 7. The normalized spacial score (nSPS) is 17.0. The van der Waals surface area contributed by atoms with E-state index >= 15 is 0 Å². The van der Waals surface area contributed by atoms with Gasteiger partial charge in [0, 0.05) is 28.6 Å². The van der Waals surface area contributed by atoms with Crippen LogP contribution in [-0.2, 0) is 11.3 Å². The van der Waals surface area contributed by atoms with Crippen molar-refractivity contribution in [2.24, 2.45) is 0 Å². The molecule has 0 saturated carbocycles. The lowest BCUT2D eigenvalue weighted by atomic mass is 9.97. The van der Waals surface area contributed by atoms with Crippen LogP contribution >= 0.6 is 0 Å². The molecule has 3 aromatic rings. The molecule has 1 saturated heterocycles. The average molecular weight is 411 g/mol. The van der Waals surface area contributed by atoms with Crippen molar-refractivity contribution in [2.75, 3.05) is 33.4 Å². The molecule has 3 N–H and O–H groups in total. The van der Waals surface area contributed by atoms with Crippen molar-refractivity contribution in [3.63, 3.8) is 0 Å². The van der Waals surface area contributed by atoms with E-state index in [1.807, 2.05) is 12.1 Å². The first-order valence-corrected chi connectivity index (χ1v) is 10.6. The van der Waals surface area contributed by atoms with Crippen molar-refractivity contribution in [1.29, 1.82) is 0 Å². The van der Waals surface area contributed by atoms with E-state index in [1.165, 1.54) is 5.56 Å². The maximum Gasteiger partial charge on any atom is 0.336 e. The van der Waals surface area contributed by atoms with Crippen LogP contribution in [-0.4, -0.2) is 39.5 Å². The zero-order chi connectivity index (χ0) is 20.9. The number of nitrogens with one attached hydrogen (secondary N) is 1. The molecule has 1 aromatic heterocycles. The van der Waals surface area contributed by atoms with E-state index in [0.29, 0.717) is 30.0 Å². The number of methoxy groups -OCH3 is 1. The number of benzene rings is 2. The third-order valence-electron chi connectivity index (χ3n) is 6.01. The molecule has 1 aliphatic heterocycles. The molecule has 6 nitrogen and oxygen atoms in total. The highest BCUT2D eigenvalue weighted by Crippen LogP contribution is 2.22. The van der Waals surface area contributed by atoms with Crippen LogP contribution in [0.3, 0.4) is 0 Å². The number of quaternary nitrogens is 2. The van der Waals surface area contributed by atoms with Crippen molar-refractivity contribution in [2.45, 2.75) is 25.6 Å².